The average Bonchev–Trinajstić information content (AvgIpc) is 2.28. The Morgan fingerprint density at radius 2 is 2.29 bits per heavy atom. The summed E-state index contributed by atoms with van der Waals surface area (Å²) in [7, 11) is 0. The van der Waals surface area contributed by atoms with Crippen LogP contribution in [0.15, 0.2) is 11.0 Å². The number of carbonyl (C=O) groups is 1. The van der Waals surface area contributed by atoms with Crippen molar-refractivity contribution in [3.8, 4) is 6.07 Å². The van der Waals surface area contributed by atoms with Crippen LogP contribution in [0.4, 0.5) is 8.78 Å². The minimum Gasteiger partial charge on any atom is -0.462 e. The zero-order valence-electron chi connectivity index (χ0n) is 8.79. The fourth-order valence-corrected chi connectivity index (χ4v) is 1.25. The molecular formula is C10H8F2N2O3. The second kappa shape index (κ2) is 5.21. The summed E-state index contributed by atoms with van der Waals surface area (Å²) >= 11 is 0. The summed E-state index contributed by atoms with van der Waals surface area (Å²) in [5, 5.41) is 8.70. The molecule has 0 aliphatic carbocycles. The van der Waals surface area contributed by atoms with Gasteiger partial charge >= 0.3 is 5.97 Å². The molecule has 90 valence electrons. The summed E-state index contributed by atoms with van der Waals surface area (Å²) in [4.78, 5) is 24.6. The molecule has 5 nitrogen and oxygen atoms in total. The van der Waals surface area contributed by atoms with Crippen LogP contribution in [-0.2, 0) is 4.74 Å². The number of H-pyrrole nitrogens is 1. The lowest BCUT2D eigenvalue weighted by molar-refractivity contribution is 0.0514. The monoisotopic (exact) mass is 242 g/mol. The number of pyridine rings is 1. The number of halogens is 2. The first-order valence-corrected chi connectivity index (χ1v) is 4.63. The average molecular weight is 242 g/mol. The van der Waals surface area contributed by atoms with Crippen LogP contribution in [-0.4, -0.2) is 17.6 Å². The zero-order chi connectivity index (χ0) is 13.0. The van der Waals surface area contributed by atoms with Gasteiger partial charge in [0.15, 0.2) is 0 Å². The van der Waals surface area contributed by atoms with Gasteiger partial charge in [-0.2, -0.15) is 5.26 Å². The standard InChI is InChI=1S/C10H8F2N2O3/c1-2-17-10(16)7-5(3-13)9(15)14-4-6(7)8(11)12/h4,8H,2H2,1H3,(H,14,15). The smallest absolute Gasteiger partial charge is 0.340 e. The molecule has 0 saturated heterocycles. The molecule has 0 radical (unpaired) electrons. The Balaban J connectivity index is 3.51. The van der Waals surface area contributed by atoms with E-state index in [1.165, 1.54) is 13.0 Å². The summed E-state index contributed by atoms with van der Waals surface area (Å²) in [6.07, 6.45) is -2.28. The number of rotatable bonds is 3. The fourth-order valence-electron chi connectivity index (χ4n) is 1.25. The Bertz CT molecular complexity index is 531. The van der Waals surface area contributed by atoms with Crippen molar-refractivity contribution in [2.45, 2.75) is 13.3 Å². The molecule has 0 amide bonds. The van der Waals surface area contributed by atoms with Crippen LogP contribution >= 0.6 is 0 Å². The Morgan fingerprint density at radius 1 is 1.65 bits per heavy atom. The number of aromatic amines is 1. The van der Waals surface area contributed by atoms with Crippen LogP contribution in [0.25, 0.3) is 0 Å². The number of hydrogen-bond acceptors (Lipinski definition) is 4. The fraction of sp³-hybridized carbons (Fsp3) is 0.300. The molecule has 7 heteroatoms. The lowest BCUT2D eigenvalue weighted by Gasteiger charge is -2.08. The minimum absolute atomic E-state index is 0.0425. The van der Waals surface area contributed by atoms with Gasteiger partial charge in [-0.25, -0.2) is 13.6 Å². The number of nitriles is 1. The van der Waals surface area contributed by atoms with E-state index in [0.717, 1.165) is 0 Å². The van der Waals surface area contributed by atoms with Gasteiger partial charge in [0.1, 0.15) is 11.6 Å². The third kappa shape index (κ3) is 2.47. The lowest BCUT2D eigenvalue weighted by Crippen LogP contribution is -2.20. The third-order valence-corrected chi connectivity index (χ3v) is 1.95. The molecular weight excluding hydrogens is 234 g/mol. The van der Waals surface area contributed by atoms with Crippen molar-refractivity contribution in [3.63, 3.8) is 0 Å². The SMILES string of the molecule is CCOC(=O)c1c(C(F)F)c[nH]c(=O)c1C#N. The van der Waals surface area contributed by atoms with Gasteiger partial charge in [0.25, 0.3) is 12.0 Å². The van der Waals surface area contributed by atoms with Crippen molar-refractivity contribution in [2.75, 3.05) is 6.61 Å². The van der Waals surface area contributed by atoms with Crippen LogP contribution in [0.2, 0.25) is 0 Å². The first-order chi connectivity index (χ1) is 8.02. The van der Waals surface area contributed by atoms with Crippen LogP contribution in [0.5, 0.6) is 0 Å². The highest BCUT2D eigenvalue weighted by molar-refractivity contribution is 5.93. The van der Waals surface area contributed by atoms with Crippen molar-refractivity contribution < 1.29 is 18.3 Å². The molecule has 0 spiro atoms. The summed E-state index contributed by atoms with van der Waals surface area (Å²) < 4.78 is 29.8. The molecule has 0 fully saturated rings. The van der Waals surface area contributed by atoms with E-state index < -0.39 is 34.6 Å². The molecule has 0 saturated carbocycles. The maximum Gasteiger partial charge on any atom is 0.340 e. The first-order valence-electron chi connectivity index (χ1n) is 4.63. The van der Waals surface area contributed by atoms with E-state index in [1.54, 1.807) is 0 Å². The summed E-state index contributed by atoms with van der Waals surface area (Å²) in [5.41, 5.74) is -2.96. The van der Waals surface area contributed by atoms with Crippen molar-refractivity contribution in [1.82, 2.24) is 4.98 Å². The lowest BCUT2D eigenvalue weighted by atomic mass is 10.1. The summed E-state index contributed by atoms with van der Waals surface area (Å²) in [5.74, 6) is -1.11. The number of ether oxygens (including phenoxy) is 1. The molecule has 1 rings (SSSR count). The topological polar surface area (TPSA) is 83.0 Å². The predicted octanol–water partition coefficient (Wildman–Crippen LogP) is 1.36. The van der Waals surface area contributed by atoms with E-state index >= 15 is 0 Å². The maximum absolute atomic E-state index is 12.6. The molecule has 1 heterocycles. The van der Waals surface area contributed by atoms with E-state index in [2.05, 4.69) is 4.74 Å². The number of carbonyl (C=O) groups excluding carboxylic acids is 1. The first kappa shape index (κ1) is 12.8. The van der Waals surface area contributed by atoms with Crippen molar-refractivity contribution in [1.29, 1.82) is 5.26 Å². The molecule has 0 atom stereocenters. The van der Waals surface area contributed by atoms with E-state index in [9.17, 15) is 18.4 Å². The number of esters is 1. The zero-order valence-corrected chi connectivity index (χ0v) is 8.79. The number of nitrogens with one attached hydrogen (secondary N) is 1. The molecule has 1 N–H and O–H groups in total. The Morgan fingerprint density at radius 3 is 2.76 bits per heavy atom. The maximum atomic E-state index is 12.6. The largest absolute Gasteiger partial charge is 0.462 e. The second-order valence-electron chi connectivity index (χ2n) is 2.96. The van der Waals surface area contributed by atoms with Crippen molar-refractivity contribution >= 4 is 5.97 Å². The number of hydrogen-bond donors (Lipinski definition) is 1. The minimum atomic E-state index is -2.99. The molecule has 17 heavy (non-hydrogen) atoms. The Labute approximate surface area is 94.6 Å². The predicted molar refractivity (Wildman–Crippen MR) is 52.7 cm³/mol. The number of nitrogens with zero attached hydrogens (tertiary/aromatic N) is 1. The van der Waals surface area contributed by atoms with Crippen LogP contribution in [0.1, 0.15) is 34.8 Å². The molecule has 1 aromatic heterocycles. The Hall–Kier alpha value is -2.23. The van der Waals surface area contributed by atoms with E-state index in [4.69, 9.17) is 5.26 Å². The Kier molecular flexibility index (Phi) is 3.93. The van der Waals surface area contributed by atoms with E-state index in [1.807, 2.05) is 4.98 Å². The molecule has 0 unspecified atom stereocenters. The van der Waals surface area contributed by atoms with Crippen LogP contribution in [0, 0.1) is 11.3 Å². The number of alkyl halides is 2. The highest BCUT2D eigenvalue weighted by Gasteiger charge is 2.25. The van der Waals surface area contributed by atoms with Gasteiger partial charge in [-0.3, -0.25) is 4.79 Å². The van der Waals surface area contributed by atoms with Gasteiger partial charge in [-0.05, 0) is 6.92 Å². The van der Waals surface area contributed by atoms with Crippen LogP contribution < -0.4 is 5.56 Å². The van der Waals surface area contributed by atoms with E-state index in [0.29, 0.717) is 6.20 Å². The normalized spacial score (nSPS) is 10.1. The van der Waals surface area contributed by atoms with Gasteiger partial charge in [-0.15, -0.1) is 0 Å². The summed E-state index contributed by atoms with van der Waals surface area (Å²) in [6.45, 7) is 1.44. The molecule has 0 aliphatic heterocycles. The molecule has 0 aliphatic rings. The third-order valence-electron chi connectivity index (χ3n) is 1.95. The quantitative estimate of drug-likeness (QED) is 0.811. The molecule has 1 aromatic rings. The number of aromatic nitrogens is 1. The van der Waals surface area contributed by atoms with Crippen molar-refractivity contribution in [3.05, 3.63) is 33.2 Å². The second-order valence-corrected chi connectivity index (χ2v) is 2.96. The highest BCUT2D eigenvalue weighted by Crippen LogP contribution is 2.23. The van der Waals surface area contributed by atoms with Gasteiger partial charge < -0.3 is 9.72 Å². The van der Waals surface area contributed by atoms with Gasteiger partial charge in [0.2, 0.25) is 0 Å². The van der Waals surface area contributed by atoms with Gasteiger partial charge in [0, 0.05) is 11.8 Å². The molecule has 0 bridgehead atoms. The van der Waals surface area contributed by atoms with Crippen molar-refractivity contribution in [2.24, 2.45) is 0 Å². The summed E-state index contributed by atoms with van der Waals surface area (Å²) in [6, 6.07) is 1.42. The van der Waals surface area contributed by atoms with Gasteiger partial charge in [0.05, 0.1) is 12.2 Å². The van der Waals surface area contributed by atoms with E-state index in [-0.39, 0.29) is 6.61 Å². The molecule has 0 aromatic carbocycles. The highest BCUT2D eigenvalue weighted by atomic mass is 19.3. The van der Waals surface area contributed by atoms with Crippen LogP contribution in [0.3, 0.4) is 0 Å². The van der Waals surface area contributed by atoms with Gasteiger partial charge in [-0.1, -0.05) is 0 Å².